The average Bonchev–Trinajstić information content (AvgIpc) is 3.10. The van der Waals surface area contributed by atoms with Crippen molar-refractivity contribution in [2.24, 2.45) is 0 Å². The van der Waals surface area contributed by atoms with Crippen molar-refractivity contribution in [1.82, 2.24) is 4.90 Å². The van der Waals surface area contributed by atoms with Crippen LogP contribution in [0.15, 0.2) is 72.8 Å². The highest BCUT2D eigenvalue weighted by Crippen LogP contribution is 2.23. The van der Waals surface area contributed by atoms with Gasteiger partial charge in [-0.25, -0.2) is 8.42 Å². The van der Waals surface area contributed by atoms with Crippen LogP contribution < -0.4 is 4.74 Å². The number of nitrogens with zero attached hydrogens (tertiary/aromatic N) is 1. The highest BCUT2D eigenvalue weighted by atomic mass is 32.2. The first-order valence-corrected chi connectivity index (χ1v) is 11.5. The van der Waals surface area contributed by atoms with E-state index in [2.05, 4.69) is 0 Å². The number of ether oxygens (including phenoxy) is 1. The molecule has 1 aliphatic rings. The van der Waals surface area contributed by atoms with Crippen LogP contribution in [0.3, 0.4) is 0 Å². The van der Waals surface area contributed by atoms with Crippen LogP contribution in [0.1, 0.15) is 12.0 Å². The molecule has 29 heavy (non-hydrogen) atoms. The summed E-state index contributed by atoms with van der Waals surface area (Å²) in [5.41, 5.74) is 0.968. The fourth-order valence-corrected chi connectivity index (χ4v) is 5.44. The van der Waals surface area contributed by atoms with Crippen LogP contribution >= 0.6 is 0 Å². The van der Waals surface area contributed by atoms with Crippen molar-refractivity contribution in [1.29, 1.82) is 0 Å². The fourth-order valence-electron chi connectivity index (χ4n) is 3.71. The zero-order chi connectivity index (χ0) is 20.3. The summed E-state index contributed by atoms with van der Waals surface area (Å²) in [5.74, 6) is 0.559. The number of carbonyl (C=O) groups excluding carboxylic acids is 1. The monoisotopic (exact) mass is 409 g/mol. The number of carbonyl (C=O) groups is 1. The number of hydrogen-bond acceptors (Lipinski definition) is 4. The minimum absolute atomic E-state index is 0.0154. The fraction of sp³-hybridized carbons (Fsp3) is 0.261. The van der Waals surface area contributed by atoms with Gasteiger partial charge in [-0.2, -0.15) is 0 Å². The molecule has 0 bridgehead atoms. The molecule has 1 saturated heterocycles. The number of hydrogen-bond donors (Lipinski definition) is 0. The Kier molecular flexibility index (Phi) is 5.53. The van der Waals surface area contributed by atoms with Crippen LogP contribution in [0.25, 0.3) is 10.8 Å². The molecular formula is C23H23NO4S. The molecule has 1 amide bonds. The standard InChI is InChI=1S/C23H23NO4S/c25-23(16-28-22-11-10-19-8-4-5-9-20(19)14-22)24(15-18-6-2-1-3-7-18)21-12-13-29(26,27)17-21/h1-11,14,21H,12-13,15-17H2/t21-/m1/s1. The maximum absolute atomic E-state index is 13.0. The van der Waals surface area contributed by atoms with Crippen LogP contribution in [-0.2, 0) is 21.2 Å². The van der Waals surface area contributed by atoms with E-state index in [4.69, 9.17) is 4.74 Å². The van der Waals surface area contributed by atoms with Crippen LogP contribution in [0, 0.1) is 0 Å². The number of amides is 1. The Morgan fingerprint density at radius 1 is 0.966 bits per heavy atom. The van der Waals surface area contributed by atoms with Gasteiger partial charge in [-0.15, -0.1) is 0 Å². The van der Waals surface area contributed by atoms with Gasteiger partial charge in [0.1, 0.15) is 5.75 Å². The normalized spacial score (nSPS) is 17.9. The van der Waals surface area contributed by atoms with Gasteiger partial charge < -0.3 is 9.64 Å². The van der Waals surface area contributed by atoms with E-state index in [1.165, 1.54) is 0 Å². The van der Waals surface area contributed by atoms with Gasteiger partial charge in [0.25, 0.3) is 5.91 Å². The second-order valence-electron chi connectivity index (χ2n) is 7.36. The summed E-state index contributed by atoms with van der Waals surface area (Å²) in [4.78, 5) is 14.6. The molecule has 1 atom stereocenters. The molecule has 150 valence electrons. The van der Waals surface area contributed by atoms with E-state index < -0.39 is 9.84 Å². The summed E-state index contributed by atoms with van der Waals surface area (Å²) in [7, 11) is -3.09. The SMILES string of the molecule is O=C(COc1ccc2ccccc2c1)N(Cc1ccccc1)[C@@H]1CCS(=O)(=O)C1. The molecule has 1 fully saturated rings. The van der Waals surface area contributed by atoms with Crippen LogP contribution in [-0.4, -0.2) is 43.4 Å². The molecule has 0 unspecified atom stereocenters. The Morgan fingerprint density at radius 2 is 1.69 bits per heavy atom. The van der Waals surface area contributed by atoms with E-state index in [9.17, 15) is 13.2 Å². The number of fused-ring (bicyclic) bond motifs is 1. The van der Waals surface area contributed by atoms with Crippen molar-refractivity contribution < 1.29 is 17.9 Å². The summed E-state index contributed by atoms with van der Waals surface area (Å²) < 4.78 is 29.7. The third-order valence-corrected chi connectivity index (χ3v) is 7.00. The molecular weight excluding hydrogens is 386 g/mol. The molecule has 0 saturated carbocycles. The second-order valence-corrected chi connectivity index (χ2v) is 9.59. The number of sulfone groups is 1. The summed E-state index contributed by atoms with van der Waals surface area (Å²) in [6, 6.07) is 23.0. The molecule has 4 rings (SSSR count). The van der Waals surface area contributed by atoms with E-state index in [1.807, 2.05) is 72.8 Å². The molecule has 0 N–H and O–H groups in total. The molecule has 1 aliphatic heterocycles. The molecule has 3 aromatic rings. The van der Waals surface area contributed by atoms with Gasteiger partial charge in [-0.1, -0.05) is 60.7 Å². The third-order valence-electron chi connectivity index (χ3n) is 5.25. The smallest absolute Gasteiger partial charge is 0.261 e. The lowest BCUT2D eigenvalue weighted by Gasteiger charge is -2.28. The lowest BCUT2D eigenvalue weighted by atomic mass is 10.1. The Morgan fingerprint density at radius 3 is 2.41 bits per heavy atom. The molecule has 0 radical (unpaired) electrons. The Hall–Kier alpha value is -2.86. The van der Waals surface area contributed by atoms with Crippen LogP contribution in [0.5, 0.6) is 5.75 Å². The second kappa shape index (κ2) is 8.25. The number of benzene rings is 3. The van der Waals surface area contributed by atoms with E-state index in [0.717, 1.165) is 16.3 Å². The van der Waals surface area contributed by atoms with Crippen molar-refractivity contribution in [3.05, 3.63) is 78.4 Å². The van der Waals surface area contributed by atoms with Crippen molar-refractivity contribution in [2.75, 3.05) is 18.1 Å². The molecule has 5 nitrogen and oxygen atoms in total. The third kappa shape index (κ3) is 4.77. The van der Waals surface area contributed by atoms with Crippen LogP contribution in [0.2, 0.25) is 0 Å². The quantitative estimate of drug-likeness (QED) is 0.626. The molecule has 6 heteroatoms. The maximum atomic E-state index is 13.0. The largest absolute Gasteiger partial charge is 0.484 e. The highest BCUT2D eigenvalue weighted by molar-refractivity contribution is 7.91. The van der Waals surface area contributed by atoms with E-state index in [-0.39, 0.29) is 30.1 Å². The lowest BCUT2D eigenvalue weighted by Crippen LogP contribution is -2.43. The molecule has 3 aromatic carbocycles. The first kappa shape index (κ1) is 19.5. The lowest BCUT2D eigenvalue weighted by molar-refractivity contribution is -0.136. The first-order valence-electron chi connectivity index (χ1n) is 9.66. The van der Waals surface area contributed by atoms with Gasteiger partial charge in [-0.05, 0) is 34.9 Å². The van der Waals surface area contributed by atoms with Crippen LogP contribution in [0.4, 0.5) is 0 Å². The topological polar surface area (TPSA) is 63.7 Å². The summed E-state index contributed by atoms with van der Waals surface area (Å²) in [5, 5.41) is 2.15. The van der Waals surface area contributed by atoms with Crippen molar-refractivity contribution in [3.63, 3.8) is 0 Å². The van der Waals surface area contributed by atoms with Crippen molar-refractivity contribution >= 4 is 26.5 Å². The average molecular weight is 410 g/mol. The van der Waals surface area contributed by atoms with Gasteiger partial charge in [0, 0.05) is 12.6 Å². The Labute approximate surface area is 170 Å². The van der Waals surface area contributed by atoms with Crippen molar-refractivity contribution in [2.45, 2.75) is 19.0 Å². The maximum Gasteiger partial charge on any atom is 0.261 e. The van der Waals surface area contributed by atoms with E-state index >= 15 is 0 Å². The minimum atomic E-state index is -3.09. The highest BCUT2D eigenvalue weighted by Gasteiger charge is 2.34. The van der Waals surface area contributed by atoms with Gasteiger partial charge in [0.2, 0.25) is 0 Å². The van der Waals surface area contributed by atoms with E-state index in [0.29, 0.717) is 18.7 Å². The zero-order valence-electron chi connectivity index (χ0n) is 16.0. The zero-order valence-corrected chi connectivity index (χ0v) is 16.8. The first-order chi connectivity index (χ1) is 14.0. The van der Waals surface area contributed by atoms with Gasteiger partial charge >= 0.3 is 0 Å². The van der Waals surface area contributed by atoms with Gasteiger partial charge in [0.05, 0.1) is 11.5 Å². The van der Waals surface area contributed by atoms with Crippen molar-refractivity contribution in [3.8, 4) is 5.75 Å². The van der Waals surface area contributed by atoms with Gasteiger partial charge in [-0.3, -0.25) is 4.79 Å². The Bertz CT molecular complexity index is 1110. The Balaban J connectivity index is 1.49. The van der Waals surface area contributed by atoms with Gasteiger partial charge in [0.15, 0.2) is 16.4 Å². The number of rotatable bonds is 6. The molecule has 0 aliphatic carbocycles. The molecule has 0 spiro atoms. The summed E-state index contributed by atoms with van der Waals surface area (Å²) >= 11 is 0. The van der Waals surface area contributed by atoms with E-state index in [1.54, 1.807) is 4.90 Å². The summed E-state index contributed by atoms with van der Waals surface area (Å²) in [6.45, 7) is 0.253. The predicted molar refractivity (Wildman–Crippen MR) is 113 cm³/mol. The summed E-state index contributed by atoms with van der Waals surface area (Å²) in [6.07, 6.45) is 0.469. The minimum Gasteiger partial charge on any atom is -0.484 e. The molecule has 1 heterocycles. The molecule has 0 aromatic heterocycles. The predicted octanol–water partition coefficient (Wildman–Crippen LogP) is 3.43.